The van der Waals surface area contributed by atoms with E-state index in [2.05, 4.69) is 19.3 Å². The minimum absolute atomic E-state index is 0.587. The highest BCUT2D eigenvalue weighted by Gasteiger charge is 2.38. The summed E-state index contributed by atoms with van der Waals surface area (Å²) in [6.45, 7) is 4.62. The van der Waals surface area contributed by atoms with Crippen LogP contribution in [0.15, 0.2) is 0 Å². The predicted octanol–water partition coefficient (Wildman–Crippen LogP) is 4.79. The summed E-state index contributed by atoms with van der Waals surface area (Å²) in [5.74, 6) is 7.42. The quantitative estimate of drug-likeness (QED) is 0.286. The molecule has 0 bridgehead atoms. The van der Waals surface area contributed by atoms with Crippen molar-refractivity contribution in [3.63, 3.8) is 0 Å². The molecule has 1 saturated carbocycles. The molecule has 19 heavy (non-hydrogen) atoms. The lowest BCUT2D eigenvalue weighted by atomic mass is 10.0. The Morgan fingerprint density at radius 3 is 1.84 bits per heavy atom. The van der Waals surface area contributed by atoms with Crippen LogP contribution in [0.25, 0.3) is 0 Å². The summed E-state index contributed by atoms with van der Waals surface area (Å²) in [6.07, 6.45) is 16.8. The van der Waals surface area contributed by atoms with Gasteiger partial charge in [-0.1, -0.05) is 78.1 Å². The summed E-state index contributed by atoms with van der Waals surface area (Å²) in [4.78, 5) is 0. The van der Waals surface area contributed by atoms with Gasteiger partial charge in [0.15, 0.2) is 0 Å². The first-order valence-corrected chi connectivity index (χ1v) is 8.75. The van der Waals surface area contributed by atoms with Crippen LogP contribution in [-0.4, -0.2) is 6.04 Å². The zero-order valence-corrected chi connectivity index (χ0v) is 13.3. The molecular weight excluding hydrogens is 232 g/mol. The Bertz CT molecular complexity index is 205. The van der Waals surface area contributed by atoms with Gasteiger partial charge in [0.1, 0.15) is 0 Å². The van der Waals surface area contributed by atoms with Gasteiger partial charge in [0.25, 0.3) is 0 Å². The highest BCUT2D eigenvalue weighted by Crippen LogP contribution is 2.41. The molecule has 0 aromatic heterocycles. The van der Waals surface area contributed by atoms with Crippen LogP contribution in [0, 0.1) is 11.8 Å². The average Bonchev–Trinajstić information content (AvgIpc) is 3.13. The van der Waals surface area contributed by atoms with E-state index in [-0.39, 0.29) is 0 Å². The third-order valence-electron chi connectivity index (χ3n) is 4.77. The number of hydrogen-bond donors (Lipinski definition) is 2. The van der Waals surface area contributed by atoms with E-state index in [1.54, 1.807) is 0 Å². The normalized spacial score (nSPS) is 23.5. The first-order valence-electron chi connectivity index (χ1n) is 8.75. The molecule has 1 aliphatic rings. The van der Waals surface area contributed by atoms with Crippen LogP contribution in [0.1, 0.15) is 90.9 Å². The summed E-state index contributed by atoms with van der Waals surface area (Å²) in [5, 5.41) is 0. The second-order valence-electron chi connectivity index (χ2n) is 6.62. The van der Waals surface area contributed by atoms with Gasteiger partial charge in [0.05, 0.1) is 0 Å². The molecule has 0 aliphatic heterocycles. The second kappa shape index (κ2) is 10.7. The third-order valence-corrected chi connectivity index (χ3v) is 4.77. The van der Waals surface area contributed by atoms with Crippen LogP contribution >= 0.6 is 0 Å². The van der Waals surface area contributed by atoms with Gasteiger partial charge in [-0.05, 0) is 24.7 Å². The standard InChI is InChI=1S/C17H36N2/c1-3-4-5-6-7-8-9-10-11-12-13-17(19-18)16-14-15(16)2/h15-17,19H,3-14,18H2,1-2H3. The maximum absolute atomic E-state index is 5.65. The number of rotatable bonds is 13. The number of hydrogen-bond acceptors (Lipinski definition) is 2. The van der Waals surface area contributed by atoms with Crippen molar-refractivity contribution in [2.24, 2.45) is 17.7 Å². The highest BCUT2D eigenvalue weighted by atomic mass is 15.2. The lowest BCUT2D eigenvalue weighted by Gasteiger charge is -2.15. The summed E-state index contributed by atoms with van der Waals surface area (Å²) in [7, 11) is 0. The van der Waals surface area contributed by atoms with E-state index in [1.165, 1.54) is 77.0 Å². The van der Waals surface area contributed by atoms with E-state index in [1.807, 2.05) is 0 Å². The molecule has 114 valence electrons. The Hall–Kier alpha value is -0.0800. The van der Waals surface area contributed by atoms with Gasteiger partial charge in [-0.15, -0.1) is 0 Å². The van der Waals surface area contributed by atoms with Crippen molar-refractivity contribution >= 4 is 0 Å². The smallest absolute Gasteiger partial charge is 0.0241 e. The van der Waals surface area contributed by atoms with Crippen molar-refractivity contribution in [3.8, 4) is 0 Å². The highest BCUT2D eigenvalue weighted by molar-refractivity contribution is 4.91. The Kier molecular flexibility index (Phi) is 9.54. The Balaban J connectivity index is 1.80. The molecule has 0 spiro atoms. The molecule has 3 N–H and O–H groups in total. The van der Waals surface area contributed by atoms with Crippen LogP contribution in [0.4, 0.5) is 0 Å². The molecule has 2 heteroatoms. The summed E-state index contributed by atoms with van der Waals surface area (Å²) in [6, 6.07) is 0.587. The SMILES string of the molecule is CCCCCCCCCCCCC(NN)C1CC1C. The first-order chi connectivity index (χ1) is 9.29. The number of unbranched alkanes of at least 4 members (excludes halogenated alkanes) is 9. The van der Waals surface area contributed by atoms with Crippen LogP contribution < -0.4 is 11.3 Å². The van der Waals surface area contributed by atoms with Crippen molar-refractivity contribution < 1.29 is 0 Å². The lowest BCUT2D eigenvalue weighted by Crippen LogP contribution is -2.37. The maximum atomic E-state index is 5.65. The third kappa shape index (κ3) is 7.94. The Morgan fingerprint density at radius 2 is 1.42 bits per heavy atom. The van der Waals surface area contributed by atoms with Crippen molar-refractivity contribution in [2.75, 3.05) is 0 Å². The van der Waals surface area contributed by atoms with E-state index in [9.17, 15) is 0 Å². The zero-order chi connectivity index (χ0) is 13.9. The van der Waals surface area contributed by atoms with E-state index in [4.69, 9.17) is 5.84 Å². The number of nitrogens with one attached hydrogen (secondary N) is 1. The van der Waals surface area contributed by atoms with Crippen LogP contribution in [0.2, 0.25) is 0 Å². The molecule has 1 rings (SSSR count). The topological polar surface area (TPSA) is 38.0 Å². The van der Waals surface area contributed by atoms with E-state index in [0.29, 0.717) is 6.04 Å². The summed E-state index contributed by atoms with van der Waals surface area (Å²) >= 11 is 0. The molecule has 1 fully saturated rings. The van der Waals surface area contributed by atoms with Gasteiger partial charge in [0, 0.05) is 6.04 Å². The van der Waals surface area contributed by atoms with Crippen LogP contribution in [0.3, 0.4) is 0 Å². The molecule has 0 heterocycles. The molecule has 1 aliphatic carbocycles. The van der Waals surface area contributed by atoms with Crippen molar-refractivity contribution in [2.45, 2.75) is 96.9 Å². The predicted molar refractivity (Wildman–Crippen MR) is 84.8 cm³/mol. The maximum Gasteiger partial charge on any atom is 0.0241 e. The fourth-order valence-electron chi connectivity index (χ4n) is 3.18. The molecule has 0 aromatic rings. The lowest BCUT2D eigenvalue weighted by molar-refractivity contribution is 0.409. The monoisotopic (exact) mass is 268 g/mol. The molecule has 0 saturated heterocycles. The van der Waals surface area contributed by atoms with Gasteiger partial charge < -0.3 is 0 Å². The molecular formula is C17H36N2. The van der Waals surface area contributed by atoms with E-state index in [0.717, 1.165) is 11.8 Å². The van der Waals surface area contributed by atoms with Gasteiger partial charge in [-0.3, -0.25) is 11.3 Å². The molecule has 3 unspecified atom stereocenters. The zero-order valence-electron chi connectivity index (χ0n) is 13.3. The Morgan fingerprint density at radius 1 is 0.947 bits per heavy atom. The fourth-order valence-corrected chi connectivity index (χ4v) is 3.18. The van der Waals surface area contributed by atoms with Crippen molar-refractivity contribution in [3.05, 3.63) is 0 Å². The van der Waals surface area contributed by atoms with Gasteiger partial charge in [-0.2, -0.15) is 0 Å². The molecule has 2 nitrogen and oxygen atoms in total. The van der Waals surface area contributed by atoms with Crippen LogP contribution in [-0.2, 0) is 0 Å². The molecule has 0 aromatic carbocycles. The molecule has 0 amide bonds. The number of hydrazine groups is 1. The van der Waals surface area contributed by atoms with Crippen molar-refractivity contribution in [1.82, 2.24) is 5.43 Å². The first kappa shape index (κ1) is 17.0. The molecule has 3 atom stereocenters. The second-order valence-corrected chi connectivity index (χ2v) is 6.62. The van der Waals surface area contributed by atoms with Gasteiger partial charge in [0.2, 0.25) is 0 Å². The van der Waals surface area contributed by atoms with Crippen molar-refractivity contribution in [1.29, 1.82) is 0 Å². The van der Waals surface area contributed by atoms with E-state index < -0.39 is 0 Å². The Labute approximate surface area is 120 Å². The largest absolute Gasteiger partial charge is 0.271 e. The van der Waals surface area contributed by atoms with Gasteiger partial charge >= 0.3 is 0 Å². The minimum Gasteiger partial charge on any atom is -0.271 e. The number of nitrogens with two attached hydrogens (primary N) is 1. The fraction of sp³-hybridized carbons (Fsp3) is 1.00. The van der Waals surface area contributed by atoms with Gasteiger partial charge in [-0.25, -0.2) is 0 Å². The van der Waals surface area contributed by atoms with E-state index >= 15 is 0 Å². The average molecular weight is 268 g/mol. The summed E-state index contributed by atoms with van der Waals surface area (Å²) < 4.78 is 0. The molecule has 0 radical (unpaired) electrons. The minimum atomic E-state index is 0.587. The van der Waals surface area contributed by atoms with Crippen LogP contribution in [0.5, 0.6) is 0 Å². The summed E-state index contributed by atoms with van der Waals surface area (Å²) in [5.41, 5.74) is 3.03.